The lowest BCUT2D eigenvalue weighted by atomic mass is 9.95. The quantitative estimate of drug-likeness (QED) is 0.233. The van der Waals surface area contributed by atoms with Gasteiger partial charge in [-0.05, 0) is 61.6 Å². The molecule has 0 radical (unpaired) electrons. The Morgan fingerprint density at radius 1 is 0.974 bits per heavy atom. The molecule has 38 heavy (non-hydrogen) atoms. The molecule has 0 aromatic heterocycles. The first-order chi connectivity index (χ1) is 18.3. The summed E-state index contributed by atoms with van der Waals surface area (Å²) in [4.78, 5) is 65.1. The number of esters is 1. The second kappa shape index (κ2) is 12.0. The molecule has 1 saturated heterocycles. The van der Waals surface area contributed by atoms with Crippen molar-refractivity contribution in [3.05, 3.63) is 64.7 Å². The molecule has 2 aliphatic heterocycles. The van der Waals surface area contributed by atoms with E-state index >= 15 is 0 Å². The van der Waals surface area contributed by atoms with E-state index in [-0.39, 0.29) is 41.7 Å². The third-order valence-corrected chi connectivity index (χ3v) is 6.76. The Hall–Kier alpha value is -4.05. The first kappa shape index (κ1) is 27.0. The minimum Gasteiger partial charge on any atom is -0.427 e. The van der Waals surface area contributed by atoms with Crippen LogP contribution in [-0.2, 0) is 9.53 Å². The van der Waals surface area contributed by atoms with E-state index in [2.05, 4.69) is 5.32 Å². The maximum Gasteiger partial charge on any atom is 0.308 e. The molecule has 10 nitrogen and oxygen atoms in total. The molecule has 10 heteroatoms. The molecule has 0 saturated carbocycles. The molecule has 2 aromatic rings. The fourth-order valence-electron chi connectivity index (χ4n) is 4.72. The minimum atomic E-state index is -0.455. The molecule has 0 bridgehead atoms. The molecular formula is C28H31N3O7. The third kappa shape index (κ3) is 6.08. The number of piperidine rings is 1. The molecule has 0 unspecified atom stereocenters. The molecule has 2 aromatic carbocycles. The Kier molecular flexibility index (Phi) is 8.52. The second-order valence-corrected chi connectivity index (χ2v) is 9.44. The van der Waals surface area contributed by atoms with Gasteiger partial charge in [0.2, 0.25) is 0 Å². The third-order valence-electron chi connectivity index (χ3n) is 6.76. The zero-order chi connectivity index (χ0) is 27.2. The summed E-state index contributed by atoms with van der Waals surface area (Å²) in [5, 5.41) is 2.92. The van der Waals surface area contributed by atoms with Crippen molar-refractivity contribution in [3.8, 4) is 5.75 Å². The highest BCUT2D eigenvalue weighted by Gasteiger charge is 2.36. The number of carbonyl (C=O) groups excluding carboxylic acids is 5. The number of likely N-dealkylation sites (tertiary alicyclic amines) is 1. The van der Waals surface area contributed by atoms with Crippen LogP contribution in [0.15, 0.2) is 42.5 Å². The zero-order valence-corrected chi connectivity index (χ0v) is 21.5. The Morgan fingerprint density at radius 3 is 2.42 bits per heavy atom. The highest BCUT2D eigenvalue weighted by molar-refractivity contribution is 6.22. The van der Waals surface area contributed by atoms with E-state index in [1.165, 1.54) is 24.0 Å². The number of fused-ring (bicyclic) bond motifs is 1. The van der Waals surface area contributed by atoms with Crippen molar-refractivity contribution in [1.82, 2.24) is 15.1 Å². The van der Waals surface area contributed by atoms with E-state index in [9.17, 15) is 24.0 Å². The van der Waals surface area contributed by atoms with Gasteiger partial charge in [-0.15, -0.1) is 0 Å². The average molecular weight is 522 g/mol. The largest absolute Gasteiger partial charge is 0.427 e. The second-order valence-electron chi connectivity index (χ2n) is 9.44. The van der Waals surface area contributed by atoms with Crippen molar-refractivity contribution >= 4 is 29.6 Å². The van der Waals surface area contributed by atoms with Gasteiger partial charge in [0.1, 0.15) is 5.75 Å². The molecule has 2 heterocycles. The molecular weight excluding hydrogens is 490 g/mol. The fourth-order valence-corrected chi connectivity index (χ4v) is 4.72. The van der Waals surface area contributed by atoms with E-state index in [0.717, 1.165) is 12.8 Å². The highest BCUT2D eigenvalue weighted by Crippen LogP contribution is 2.26. The summed E-state index contributed by atoms with van der Waals surface area (Å²) < 4.78 is 10.0. The Labute approximate surface area is 220 Å². The van der Waals surface area contributed by atoms with E-state index < -0.39 is 5.97 Å². The van der Waals surface area contributed by atoms with Crippen LogP contribution in [0.5, 0.6) is 5.75 Å². The van der Waals surface area contributed by atoms with Gasteiger partial charge in [0, 0.05) is 57.9 Å². The molecule has 2 aliphatic rings. The van der Waals surface area contributed by atoms with E-state index in [4.69, 9.17) is 9.47 Å². The Bertz CT molecular complexity index is 1250. The molecule has 1 fully saturated rings. The average Bonchev–Trinajstić information content (AvgIpc) is 3.15. The Balaban J connectivity index is 1.29. The van der Waals surface area contributed by atoms with Gasteiger partial charge in [-0.2, -0.15) is 0 Å². The number of nitrogens with one attached hydrogen (secondary N) is 1. The predicted octanol–water partition coefficient (Wildman–Crippen LogP) is 2.53. The number of ether oxygens (including phenoxy) is 2. The number of amides is 4. The number of rotatable bonds is 9. The first-order valence-electron chi connectivity index (χ1n) is 12.6. The van der Waals surface area contributed by atoms with Crippen LogP contribution in [0.3, 0.4) is 0 Å². The number of imide groups is 1. The van der Waals surface area contributed by atoms with Gasteiger partial charge in [0.05, 0.1) is 11.1 Å². The van der Waals surface area contributed by atoms with Crippen LogP contribution in [0.25, 0.3) is 0 Å². The summed E-state index contributed by atoms with van der Waals surface area (Å²) in [6, 6.07) is 11.1. The summed E-state index contributed by atoms with van der Waals surface area (Å²) in [5.41, 5.74) is 1.35. The smallest absolute Gasteiger partial charge is 0.308 e. The van der Waals surface area contributed by atoms with E-state index in [1.807, 2.05) is 0 Å². The Morgan fingerprint density at radius 2 is 1.71 bits per heavy atom. The topological polar surface area (TPSA) is 122 Å². The molecule has 4 amide bonds. The van der Waals surface area contributed by atoms with Crippen LogP contribution in [0.2, 0.25) is 0 Å². The van der Waals surface area contributed by atoms with Crippen molar-refractivity contribution < 1.29 is 33.4 Å². The number of nitrogens with zero attached hydrogens (tertiary/aromatic N) is 2. The van der Waals surface area contributed by atoms with Crippen LogP contribution in [0.1, 0.15) is 67.6 Å². The zero-order valence-electron chi connectivity index (χ0n) is 21.5. The van der Waals surface area contributed by atoms with Crippen LogP contribution in [0.4, 0.5) is 0 Å². The normalized spacial score (nSPS) is 15.4. The lowest BCUT2D eigenvalue weighted by molar-refractivity contribution is -0.131. The van der Waals surface area contributed by atoms with Gasteiger partial charge in [-0.25, -0.2) is 0 Å². The molecule has 4 rings (SSSR count). The van der Waals surface area contributed by atoms with Crippen molar-refractivity contribution in [2.75, 3.05) is 39.9 Å². The lowest BCUT2D eigenvalue weighted by Gasteiger charge is -2.32. The van der Waals surface area contributed by atoms with Gasteiger partial charge < -0.3 is 19.7 Å². The van der Waals surface area contributed by atoms with Gasteiger partial charge in [-0.1, -0.05) is 6.07 Å². The fraction of sp³-hybridized carbons (Fsp3) is 0.393. The summed E-state index contributed by atoms with van der Waals surface area (Å²) in [5.74, 6) is -1.11. The minimum absolute atomic E-state index is 0.185. The van der Waals surface area contributed by atoms with E-state index in [1.54, 1.807) is 42.3 Å². The van der Waals surface area contributed by atoms with Crippen molar-refractivity contribution in [1.29, 1.82) is 0 Å². The summed E-state index contributed by atoms with van der Waals surface area (Å²) in [7, 11) is 1.56. The number of hydrogen-bond acceptors (Lipinski definition) is 7. The van der Waals surface area contributed by atoms with Crippen molar-refractivity contribution in [3.63, 3.8) is 0 Å². The summed E-state index contributed by atoms with van der Waals surface area (Å²) >= 11 is 0. The number of hydrogen-bond donors (Lipinski definition) is 1. The van der Waals surface area contributed by atoms with Gasteiger partial charge in [0.25, 0.3) is 23.6 Å². The maximum absolute atomic E-state index is 13.1. The standard InChI is InChI=1S/C28H31N3O7/c1-18(32)38-22-6-3-5-20(15-22)25(33)29-17-19-9-12-30(13-10-19)26(34)21-7-8-23-24(16-21)28(36)31(27(23)35)11-4-14-37-2/h3,5-8,15-16,19H,4,9-14,17H2,1-2H3,(H,29,33). The molecule has 1 N–H and O–H groups in total. The van der Waals surface area contributed by atoms with E-state index in [0.29, 0.717) is 55.1 Å². The van der Waals surface area contributed by atoms with Gasteiger partial charge in [0.15, 0.2) is 0 Å². The summed E-state index contributed by atoms with van der Waals surface area (Å²) in [6.45, 7) is 3.52. The van der Waals surface area contributed by atoms with Gasteiger partial charge in [-0.3, -0.25) is 28.9 Å². The van der Waals surface area contributed by atoms with Crippen molar-refractivity contribution in [2.24, 2.45) is 5.92 Å². The lowest BCUT2D eigenvalue weighted by Crippen LogP contribution is -2.41. The number of carbonyl (C=O) groups is 5. The van der Waals surface area contributed by atoms with Crippen LogP contribution < -0.4 is 10.1 Å². The molecule has 0 spiro atoms. The SMILES string of the molecule is COCCCN1C(=O)c2ccc(C(=O)N3CCC(CNC(=O)c4cccc(OC(C)=O)c4)CC3)cc2C1=O. The number of benzene rings is 2. The maximum atomic E-state index is 13.1. The molecule has 0 atom stereocenters. The van der Waals surface area contributed by atoms with Crippen LogP contribution in [0, 0.1) is 5.92 Å². The highest BCUT2D eigenvalue weighted by atomic mass is 16.5. The van der Waals surface area contributed by atoms with Crippen molar-refractivity contribution in [2.45, 2.75) is 26.2 Å². The van der Waals surface area contributed by atoms with Crippen LogP contribution >= 0.6 is 0 Å². The molecule has 200 valence electrons. The molecule has 0 aliphatic carbocycles. The summed E-state index contributed by atoms with van der Waals surface area (Å²) in [6.07, 6.45) is 1.98. The predicted molar refractivity (Wildman–Crippen MR) is 137 cm³/mol. The van der Waals surface area contributed by atoms with Gasteiger partial charge >= 0.3 is 5.97 Å². The number of methoxy groups -OCH3 is 1. The monoisotopic (exact) mass is 521 g/mol. The first-order valence-corrected chi connectivity index (χ1v) is 12.6. The van der Waals surface area contributed by atoms with Crippen LogP contribution in [-0.4, -0.2) is 79.3 Å².